The summed E-state index contributed by atoms with van der Waals surface area (Å²) in [6.07, 6.45) is 3.48. The molecule has 1 aromatic carbocycles. The minimum absolute atomic E-state index is 0.131. The minimum Gasteiger partial charge on any atom is -0.366 e. The number of rotatable bonds is 9. The van der Waals surface area contributed by atoms with Crippen molar-refractivity contribution in [3.63, 3.8) is 0 Å². The molecule has 3 aromatic rings. The van der Waals surface area contributed by atoms with E-state index in [1.807, 2.05) is 12.3 Å². The second kappa shape index (κ2) is 10.4. The van der Waals surface area contributed by atoms with Crippen LogP contribution in [0.4, 0.5) is 0 Å². The molecule has 1 aliphatic rings. The predicted molar refractivity (Wildman–Crippen MR) is 144 cm³/mol. The molecule has 0 atom stereocenters. The first-order chi connectivity index (χ1) is 16.6. The molecule has 1 amide bonds. The van der Waals surface area contributed by atoms with Gasteiger partial charge < -0.3 is 15.6 Å². The number of piperidine rings is 1. The summed E-state index contributed by atoms with van der Waals surface area (Å²) in [4.78, 5) is 19.2. The summed E-state index contributed by atoms with van der Waals surface area (Å²) in [6.45, 7) is 9.10. The molecule has 3 heterocycles. The minimum atomic E-state index is -3.17. The van der Waals surface area contributed by atoms with Crippen LogP contribution in [0.15, 0.2) is 29.8 Å². The second-order valence-electron chi connectivity index (χ2n) is 10.0. The van der Waals surface area contributed by atoms with E-state index in [1.54, 1.807) is 22.6 Å². The lowest BCUT2D eigenvalue weighted by molar-refractivity contribution is 0.100. The Balaban J connectivity index is 1.64. The van der Waals surface area contributed by atoms with E-state index in [0.717, 1.165) is 53.5 Å². The SMILES string of the molecule is CCS(=O)(=O)N1CCC(c2c[nH]c3c(C(N)=O)cc(-c4csc(CN(C)CC(C)C)c4)cc23)CC1. The molecule has 0 unspecified atom stereocenters. The van der Waals surface area contributed by atoms with Gasteiger partial charge in [0.15, 0.2) is 0 Å². The first-order valence-corrected chi connectivity index (χ1v) is 14.8. The van der Waals surface area contributed by atoms with Crippen molar-refractivity contribution < 1.29 is 13.2 Å². The molecule has 0 spiro atoms. The lowest BCUT2D eigenvalue weighted by atomic mass is 9.88. The standard InChI is InChI=1S/C26H36N4O3S2/c1-5-35(32,33)30-8-6-18(7-9-30)24-13-28-25-22(24)11-19(12-23(25)26(27)31)20-10-21(34-16-20)15-29(4)14-17(2)3/h10-13,16-18,28H,5-9,14-15H2,1-4H3,(H2,27,31). The molecule has 4 rings (SSSR count). The fraction of sp³-hybridized carbons (Fsp3) is 0.500. The smallest absolute Gasteiger partial charge is 0.250 e. The molecule has 7 nitrogen and oxygen atoms in total. The van der Waals surface area contributed by atoms with Crippen molar-refractivity contribution in [2.24, 2.45) is 11.7 Å². The van der Waals surface area contributed by atoms with Crippen molar-refractivity contribution in [1.29, 1.82) is 0 Å². The summed E-state index contributed by atoms with van der Waals surface area (Å²) in [6, 6.07) is 6.23. The van der Waals surface area contributed by atoms with Crippen molar-refractivity contribution >= 4 is 38.2 Å². The zero-order valence-electron chi connectivity index (χ0n) is 21.0. The number of carbonyl (C=O) groups excluding carboxylic acids is 1. The lowest BCUT2D eigenvalue weighted by Crippen LogP contribution is -2.38. The van der Waals surface area contributed by atoms with Gasteiger partial charge in [-0.3, -0.25) is 4.79 Å². The summed E-state index contributed by atoms with van der Waals surface area (Å²) in [5.41, 5.74) is 10.2. The number of benzene rings is 1. The van der Waals surface area contributed by atoms with Crippen LogP contribution in [0.1, 0.15) is 60.3 Å². The van der Waals surface area contributed by atoms with E-state index in [4.69, 9.17) is 5.73 Å². The number of hydrogen-bond acceptors (Lipinski definition) is 5. The number of thiophene rings is 1. The van der Waals surface area contributed by atoms with E-state index in [2.05, 4.69) is 48.3 Å². The Morgan fingerprint density at radius 1 is 1.23 bits per heavy atom. The predicted octanol–water partition coefficient (Wildman–Crippen LogP) is 4.61. The molecule has 1 aliphatic heterocycles. The number of aromatic nitrogens is 1. The van der Waals surface area contributed by atoms with Gasteiger partial charge in [0.05, 0.1) is 16.8 Å². The summed E-state index contributed by atoms with van der Waals surface area (Å²) < 4.78 is 26.1. The number of carbonyl (C=O) groups is 1. The van der Waals surface area contributed by atoms with Crippen LogP contribution in [-0.4, -0.2) is 60.9 Å². The number of fused-ring (bicyclic) bond motifs is 1. The van der Waals surface area contributed by atoms with Crippen molar-refractivity contribution in [3.05, 3.63) is 45.8 Å². The molecule has 35 heavy (non-hydrogen) atoms. The third kappa shape index (κ3) is 5.63. The Labute approximate surface area is 212 Å². The quantitative estimate of drug-likeness (QED) is 0.434. The Kier molecular flexibility index (Phi) is 7.71. The van der Waals surface area contributed by atoms with E-state index >= 15 is 0 Å². The average molecular weight is 517 g/mol. The number of aromatic amines is 1. The summed E-state index contributed by atoms with van der Waals surface area (Å²) in [5, 5.41) is 3.14. The van der Waals surface area contributed by atoms with Crippen LogP contribution in [-0.2, 0) is 16.6 Å². The second-order valence-corrected chi connectivity index (χ2v) is 13.3. The Bertz CT molecular complexity index is 1300. The maximum absolute atomic E-state index is 12.3. The largest absolute Gasteiger partial charge is 0.366 e. The van der Waals surface area contributed by atoms with Gasteiger partial charge in [-0.1, -0.05) is 13.8 Å². The monoisotopic (exact) mass is 516 g/mol. The van der Waals surface area contributed by atoms with Crippen LogP contribution >= 0.6 is 11.3 Å². The van der Waals surface area contributed by atoms with Gasteiger partial charge in [0.25, 0.3) is 5.91 Å². The highest BCUT2D eigenvalue weighted by Crippen LogP contribution is 2.38. The Morgan fingerprint density at radius 2 is 1.94 bits per heavy atom. The molecule has 190 valence electrons. The molecule has 3 N–H and O–H groups in total. The first-order valence-electron chi connectivity index (χ1n) is 12.3. The number of H-pyrrole nitrogens is 1. The van der Waals surface area contributed by atoms with E-state index in [0.29, 0.717) is 24.6 Å². The number of primary amides is 1. The molecule has 0 radical (unpaired) electrons. The summed E-state index contributed by atoms with van der Waals surface area (Å²) >= 11 is 1.73. The van der Waals surface area contributed by atoms with Gasteiger partial charge in [0, 0.05) is 42.6 Å². The summed E-state index contributed by atoms with van der Waals surface area (Å²) in [5.74, 6) is 0.513. The zero-order chi connectivity index (χ0) is 25.3. The van der Waals surface area contributed by atoms with Gasteiger partial charge in [-0.25, -0.2) is 12.7 Å². The van der Waals surface area contributed by atoms with Gasteiger partial charge in [-0.2, -0.15) is 0 Å². The van der Waals surface area contributed by atoms with Crippen molar-refractivity contribution in [3.8, 4) is 11.1 Å². The zero-order valence-corrected chi connectivity index (χ0v) is 22.6. The van der Waals surface area contributed by atoms with Crippen molar-refractivity contribution in [2.45, 2.75) is 46.1 Å². The van der Waals surface area contributed by atoms with Gasteiger partial charge in [-0.15, -0.1) is 11.3 Å². The van der Waals surface area contributed by atoms with Gasteiger partial charge >= 0.3 is 0 Å². The number of amides is 1. The van der Waals surface area contributed by atoms with Crippen molar-refractivity contribution in [1.82, 2.24) is 14.2 Å². The molecular weight excluding hydrogens is 480 g/mol. The molecular formula is C26H36N4O3S2. The molecule has 2 aromatic heterocycles. The van der Waals surface area contributed by atoms with E-state index < -0.39 is 15.9 Å². The fourth-order valence-corrected chi connectivity index (χ4v) is 7.25. The Hall–Kier alpha value is -2.20. The maximum Gasteiger partial charge on any atom is 0.250 e. The lowest BCUT2D eigenvalue weighted by Gasteiger charge is -2.31. The number of nitrogens with zero attached hydrogens (tertiary/aromatic N) is 2. The fourth-order valence-electron chi connectivity index (χ4n) is 5.15. The maximum atomic E-state index is 12.3. The molecule has 1 fully saturated rings. The van der Waals surface area contributed by atoms with E-state index in [9.17, 15) is 13.2 Å². The van der Waals surface area contributed by atoms with Gasteiger partial charge in [0.1, 0.15) is 0 Å². The van der Waals surface area contributed by atoms with E-state index in [-0.39, 0.29) is 11.7 Å². The molecule has 1 saturated heterocycles. The molecule has 0 bridgehead atoms. The highest BCUT2D eigenvalue weighted by Gasteiger charge is 2.29. The number of nitrogens with two attached hydrogens (primary N) is 1. The van der Waals surface area contributed by atoms with Crippen LogP contribution < -0.4 is 5.73 Å². The van der Waals surface area contributed by atoms with Crippen LogP contribution in [0.25, 0.3) is 22.0 Å². The average Bonchev–Trinajstić information content (AvgIpc) is 3.45. The highest BCUT2D eigenvalue weighted by atomic mass is 32.2. The molecule has 0 aliphatic carbocycles. The number of hydrogen-bond donors (Lipinski definition) is 2. The Morgan fingerprint density at radius 3 is 2.57 bits per heavy atom. The molecule has 0 saturated carbocycles. The third-order valence-electron chi connectivity index (χ3n) is 6.83. The summed E-state index contributed by atoms with van der Waals surface area (Å²) in [7, 11) is -1.03. The topological polar surface area (TPSA) is 99.5 Å². The van der Waals surface area contributed by atoms with Gasteiger partial charge in [-0.05, 0) is 78.9 Å². The highest BCUT2D eigenvalue weighted by molar-refractivity contribution is 7.89. The van der Waals surface area contributed by atoms with Crippen LogP contribution in [0.3, 0.4) is 0 Å². The van der Waals surface area contributed by atoms with Crippen molar-refractivity contribution in [2.75, 3.05) is 32.4 Å². The normalized spacial score (nSPS) is 16.1. The van der Waals surface area contributed by atoms with Crippen LogP contribution in [0.2, 0.25) is 0 Å². The van der Waals surface area contributed by atoms with E-state index in [1.165, 1.54) is 4.88 Å². The number of sulfonamides is 1. The molecule has 9 heteroatoms. The third-order valence-corrected chi connectivity index (χ3v) is 9.63. The first kappa shape index (κ1) is 25.9. The van der Waals surface area contributed by atoms with Crippen LogP contribution in [0.5, 0.6) is 0 Å². The van der Waals surface area contributed by atoms with Gasteiger partial charge in [0.2, 0.25) is 10.0 Å². The van der Waals surface area contributed by atoms with Crippen LogP contribution in [0, 0.1) is 5.92 Å². The number of nitrogens with one attached hydrogen (secondary N) is 1.